The number of hydrazone groups is 1. The number of halogens is 2. The Morgan fingerprint density at radius 2 is 1.97 bits per heavy atom. The van der Waals surface area contributed by atoms with E-state index in [4.69, 9.17) is 23.2 Å². The Kier molecular flexibility index (Phi) is 10.3. The van der Waals surface area contributed by atoms with Gasteiger partial charge in [0.15, 0.2) is 0 Å². The van der Waals surface area contributed by atoms with Gasteiger partial charge in [0.1, 0.15) is 0 Å². The first-order valence-corrected chi connectivity index (χ1v) is 13.7. The highest BCUT2D eigenvalue weighted by atomic mass is 35.5. The lowest BCUT2D eigenvalue weighted by Crippen LogP contribution is -2.43. The number of benzene rings is 2. The van der Waals surface area contributed by atoms with E-state index in [-0.39, 0.29) is 5.41 Å². The molecule has 5 atom stereocenters. The average Bonchev–Trinajstić information content (AvgIpc) is 3.34. The predicted octanol–water partition coefficient (Wildman–Crippen LogP) is 8.23. The molecule has 0 amide bonds. The van der Waals surface area contributed by atoms with Crippen LogP contribution >= 0.6 is 23.2 Å². The Hall–Kier alpha value is -1.81. The summed E-state index contributed by atoms with van der Waals surface area (Å²) in [5.41, 5.74) is 7.04. The number of hydrogen-bond acceptors (Lipinski definition) is 3. The summed E-state index contributed by atoms with van der Waals surface area (Å²) in [6.45, 7) is 11.0. The minimum atomic E-state index is 0.184. The van der Waals surface area contributed by atoms with E-state index in [9.17, 15) is 0 Å². The van der Waals surface area contributed by atoms with Crippen LogP contribution in [0.2, 0.25) is 10.0 Å². The van der Waals surface area contributed by atoms with Gasteiger partial charge in [0.2, 0.25) is 0 Å². The summed E-state index contributed by atoms with van der Waals surface area (Å²) in [6, 6.07) is 17.0. The zero-order valence-corrected chi connectivity index (χ0v) is 23.2. The minimum Gasteiger partial charge on any atom is -0.317 e. The average molecular weight is 515 g/mol. The maximum Gasteiger partial charge on any atom is 0.0696 e. The Morgan fingerprint density at radius 3 is 2.54 bits per heavy atom. The molecule has 35 heavy (non-hydrogen) atoms. The van der Waals surface area contributed by atoms with Crippen LogP contribution in [0.25, 0.3) is 0 Å². The number of nitrogens with zero attached hydrogens (tertiary/aromatic N) is 1. The maximum absolute atomic E-state index is 6.79. The van der Waals surface area contributed by atoms with E-state index in [1.165, 1.54) is 12.0 Å². The third kappa shape index (κ3) is 7.12. The third-order valence-electron chi connectivity index (χ3n) is 7.91. The molecule has 1 heterocycles. The lowest BCUT2D eigenvalue weighted by atomic mass is 9.61. The fraction of sp³-hybridized carbons (Fsp3) is 0.500. The van der Waals surface area contributed by atoms with Crippen LogP contribution in [0.4, 0.5) is 0 Å². The fourth-order valence-electron chi connectivity index (χ4n) is 5.52. The van der Waals surface area contributed by atoms with Crippen molar-refractivity contribution in [1.82, 2.24) is 10.7 Å². The quantitative estimate of drug-likeness (QED) is 0.365. The molecule has 3 nitrogen and oxygen atoms in total. The van der Waals surface area contributed by atoms with Crippen LogP contribution in [-0.2, 0) is 0 Å². The second-order valence-corrected chi connectivity index (χ2v) is 11.1. The number of nitrogens with one attached hydrogen (secondary N) is 2. The Balaban J connectivity index is 0.000000420. The summed E-state index contributed by atoms with van der Waals surface area (Å²) in [5.74, 6) is 1.06. The first kappa shape index (κ1) is 27.8. The van der Waals surface area contributed by atoms with Gasteiger partial charge in [-0.2, -0.15) is 5.10 Å². The van der Waals surface area contributed by atoms with Crippen molar-refractivity contribution in [3.05, 3.63) is 82.4 Å². The van der Waals surface area contributed by atoms with Crippen LogP contribution in [-0.4, -0.2) is 24.8 Å². The van der Waals surface area contributed by atoms with E-state index < -0.39 is 0 Å². The van der Waals surface area contributed by atoms with Crippen molar-refractivity contribution in [2.24, 2.45) is 16.4 Å². The third-order valence-corrected chi connectivity index (χ3v) is 8.49. The van der Waals surface area contributed by atoms with E-state index in [0.717, 1.165) is 53.4 Å². The Morgan fingerprint density at radius 1 is 1.23 bits per heavy atom. The summed E-state index contributed by atoms with van der Waals surface area (Å²) < 4.78 is 0. The standard InChI is InChI=1S/C24H36ClN3.C6H5Cl/c1-6-8-19-15-23(28-27-19)18-9-10-20(22(25)14-18)17-11-12-24(4,7-2)21(13-17)16(3)26-5;7-6-4-2-1-3-5-6/h7,9-10,14,16-17,19,21,26-27H,2,6,8,11-13,15H2,1,3-5H3;1-5H/t16-,17?,19?,21?,24?;/m1./s1. The van der Waals surface area contributed by atoms with Crippen molar-refractivity contribution in [3.63, 3.8) is 0 Å². The van der Waals surface area contributed by atoms with Crippen LogP contribution in [0.1, 0.15) is 76.3 Å². The number of hydrogen-bond donors (Lipinski definition) is 2. The highest BCUT2D eigenvalue weighted by Crippen LogP contribution is 2.50. The molecule has 1 saturated carbocycles. The zero-order valence-electron chi connectivity index (χ0n) is 21.7. The molecule has 0 spiro atoms. The number of allylic oxidation sites excluding steroid dienone is 1. The van der Waals surface area contributed by atoms with Gasteiger partial charge in [0.05, 0.1) is 5.71 Å². The molecule has 2 aromatic rings. The van der Waals surface area contributed by atoms with Crippen molar-refractivity contribution >= 4 is 28.9 Å². The smallest absolute Gasteiger partial charge is 0.0696 e. The molecule has 1 aliphatic heterocycles. The zero-order chi connectivity index (χ0) is 25.4. The van der Waals surface area contributed by atoms with Crippen molar-refractivity contribution in [2.45, 2.75) is 77.3 Å². The van der Waals surface area contributed by atoms with Crippen LogP contribution in [0.3, 0.4) is 0 Å². The molecule has 0 radical (unpaired) electrons. The van der Waals surface area contributed by atoms with Gasteiger partial charge in [-0.15, -0.1) is 6.58 Å². The second-order valence-electron chi connectivity index (χ2n) is 10.3. The fourth-order valence-corrected chi connectivity index (χ4v) is 6.00. The van der Waals surface area contributed by atoms with Crippen molar-refractivity contribution in [2.75, 3.05) is 7.05 Å². The SMILES string of the molecule is C=CC1(C)CCC(c2ccc(C3=NNC(CCC)C3)cc2Cl)CC1[C@@H](C)NC.Clc1ccccc1. The van der Waals surface area contributed by atoms with Crippen LogP contribution in [0.5, 0.6) is 0 Å². The van der Waals surface area contributed by atoms with Crippen LogP contribution < -0.4 is 10.7 Å². The summed E-state index contributed by atoms with van der Waals surface area (Å²) in [5, 5.41) is 9.71. The molecule has 0 aromatic heterocycles. The highest BCUT2D eigenvalue weighted by Gasteiger charge is 2.41. The molecule has 0 bridgehead atoms. The lowest BCUT2D eigenvalue weighted by molar-refractivity contribution is 0.122. The van der Waals surface area contributed by atoms with Gasteiger partial charge in [0.25, 0.3) is 0 Å². The molecule has 2 aliphatic rings. The normalized spacial score (nSPS) is 26.7. The van der Waals surface area contributed by atoms with Gasteiger partial charge in [-0.25, -0.2) is 0 Å². The molecule has 0 saturated heterocycles. The molecular weight excluding hydrogens is 473 g/mol. The topological polar surface area (TPSA) is 36.4 Å². The molecule has 190 valence electrons. The second kappa shape index (κ2) is 12.9. The molecule has 2 N–H and O–H groups in total. The van der Waals surface area contributed by atoms with E-state index in [0.29, 0.717) is 23.9 Å². The Labute approximate surface area is 222 Å². The van der Waals surface area contributed by atoms with E-state index in [2.05, 4.69) is 74.5 Å². The molecular formula is C30H41Cl2N3. The van der Waals surface area contributed by atoms with Gasteiger partial charge in [-0.05, 0) is 86.2 Å². The molecule has 2 aromatic carbocycles. The van der Waals surface area contributed by atoms with Crippen molar-refractivity contribution in [3.8, 4) is 0 Å². The maximum atomic E-state index is 6.79. The Bertz CT molecular complexity index is 990. The van der Waals surface area contributed by atoms with E-state index in [1.54, 1.807) is 0 Å². The summed E-state index contributed by atoms with van der Waals surface area (Å²) in [7, 11) is 2.06. The molecule has 5 heteroatoms. The van der Waals surface area contributed by atoms with Crippen LogP contribution in [0.15, 0.2) is 66.3 Å². The van der Waals surface area contributed by atoms with E-state index >= 15 is 0 Å². The molecule has 4 rings (SSSR count). The predicted molar refractivity (Wildman–Crippen MR) is 153 cm³/mol. The van der Waals surface area contributed by atoms with Gasteiger partial charge in [-0.3, -0.25) is 0 Å². The monoisotopic (exact) mass is 513 g/mol. The van der Waals surface area contributed by atoms with Gasteiger partial charge in [-0.1, -0.05) is 79.9 Å². The molecule has 4 unspecified atom stereocenters. The first-order chi connectivity index (χ1) is 16.8. The van der Waals surface area contributed by atoms with E-state index in [1.807, 2.05) is 30.3 Å². The summed E-state index contributed by atoms with van der Waals surface area (Å²) >= 11 is 12.3. The molecule has 1 aliphatic carbocycles. The first-order valence-electron chi connectivity index (χ1n) is 12.9. The van der Waals surface area contributed by atoms with Crippen molar-refractivity contribution < 1.29 is 0 Å². The van der Waals surface area contributed by atoms with Crippen molar-refractivity contribution in [1.29, 1.82) is 0 Å². The van der Waals surface area contributed by atoms with Gasteiger partial charge < -0.3 is 10.7 Å². The van der Waals surface area contributed by atoms with Gasteiger partial charge >= 0.3 is 0 Å². The van der Waals surface area contributed by atoms with Gasteiger partial charge in [0, 0.05) is 28.5 Å². The lowest BCUT2D eigenvalue weighted by Gasteiger charge is -2.46. The summed E-state index contributed by atoms with van der Waals surface area (Å²) in [4.78, 5) is 0. The molecule has 1 fully saturated rings. The minimum absolute atomic E-state index is 0.184. The largest absolute Gasteiger partial charge is 0.317 e. The van der Waals surface area contributed by atoms with Crippen LogP contribution in [0, 0.1) is 11.3 Å². The summed E-state index contributed by atoms with van der Waals surface area (Å²) in [6.07, 6.45) is 8.97. The number of rotatable bonds is 7. The highest BCUT2D eigenvalue weighted by molar-refractivity contribution is 6.32.